The smallest absolute Gasteiger partial charge is 0.319 e. The third-order valence-corrected chi connectivity index (χ3v) is 6.50. The van der Waals surface area contributed by atoms with Crippen LogP contribution in [-0.4, -0.2) is 76.9 Å². The van der Waals surface area contributed by atoms with Crippen LogP contribution in [0.2, 0.25) is 0 Å². The van der Waals surface area contributed by atoms with E-state index in [0.29, 0.717) is 39.0 Å². The lowest BCUT2D eigenvalue weighted by Gasteiger charge is -2.50. The lowest BCUT2D eigenvalue weighted by Crippen LogP contribution is -2.61. The number of para-hydroxylation sites is 1. The zero-order valence-corrected chi connectivity index (χ0v) is 17.4. The number of benzene rings is 1. The van der Waals surface area contributed by atoms with Gasteiger partial charge >= 0.3 is 6.03 Å². The molecule has 7 nitrogen and oxygen atoms in total. The van der Waals surface area contributed by atoms with Gasteiger partial charge in [0.05, 0.1) is 17.7 Å². The molecule has 156 valence electrons. The molecule has 2 N–H and O–H groups in total. The van der Waals surface area contributed by atoms with E-state index in [2.05, 4.69) is 4.90 Å². The minimum Gasteiger partial charge on any atom is -0.392 e. The fourth-order valence-electron chi connectivity index (χ4n) is 4.72. The second-order valence-electron chi connectivity index (χ2n) is 8.65. The molecule has 2 aromatic rings. The normalized spacial score (nSPS) is 24.5. The zero-order chi connectivity index (χ0) is 20.8. The maximum atomic E-state index is 12.4. The van der Waals surface area contributed by atoms with Gasteiger partial charge in [0.25, 0.3) is 0 Å². The molecule has 0 spiro atoms. The molecule has 0 radical (unpaired) electrons. The lowest BCUT2D eigenvalue weighted by atomic mass is 9.75. The summed E-state index contributed by atoms with van der Waals surface area (Å²) < 4.78 is 0. The third kappa shape index (κ3) is 3.53. The number of aliphatic hydroxyl groups is 2. The van der Waals surface area contributed by atoms with Crippen LogP contribution in [0.5, 0.6) is 0 Å². The van der Waals surface area contributed by atoms with Crippen LogP contribution in [0.3, 0.4) is 0 Å². The molecule has 1 aromatic carbocycles. The molecule has 2 fully saturated rings. The van der Waals surface area contributed by atoms with Crippen LogP contribution in [-0.2, 0) is 6.61 Å². The molecule has 7 heteroatoms. The summed E-state index contributed by atoms with van der Waals surface area (Å²) in [6, 6.07) is 8.05. The number of anilines is 1. The van der Waals surface area contributed by atoms with Crippen molar-refractivity contribution >= 4 is 22.8 Å². The number of aryl methyl sites for hydroxylation is 1. The maximum absolute atomic E-state index is 12.4. The number of carbonyl (C=O) groups is 1. The minimum atomic E-state index is -0.744. The second-order valence-corrected chi connectivity index (χ2v) is 8.65. The van der Waals surface area contributed by atoms with Crippen molar-refractivity contribution in [2.75, 3.05) is 45.2 Å². The largest absolute Gasteiger partial charge is 0.392 e. The Bertz CT molecular complexity index is 932. The van der Waals surface area contributed by atoms with E-state index in [-0.39, 0.29) is 18.6 Å². The molecule has 1 aromatic heterocycles. The Hall–Kier alpha value is -2.38. The number of piperidine rings is 2. The van der Waals surface area contributed by atoms with Crippen LogP contribution in [0, 0.1) is 12.8 Å². The Morgan fingerprint density at radius 3 is 2.76 bits per heavy atom. The van der Waals surface area contributed by atoms with Gasteiger partial charge in [0.15, 0.2) is 0 Å². The van der Waals surface area contributed by atoms with Gasteiger partial charge in [0, 0.05) is 57.1 Å². The number of pyridine rings is 1. The van der Waals surface area contributed by atoms with Crippen molar-refractivity contribution in [1.29, 1.82) is 0 Å². The number of amides is 2. The Balaban J connectivity index is 1.64. The molecule has 0 unspecified atom stereocenters. The summed E-state index contributed by atoms with van der Waals surface area (Å²) >= 11 is 0. The molecule has 3 heterocycles. The van der Waals surface area contributed by atoms with E-state index in [1.54, 1.807) is 19.0 Å². The van der Waals surface area contributed by atoms with Gasteiger partial charge in [-0.05, 0) is 31.4 Å². The predicted octanol–water partition coefficient (Wildman–Crippen LogP) is 1.98. The molecule has 2 saturated heterocycles. The van der Waals surface area contributed by atoms with E-state index < -0.39 is 5.60 Å². The first kappa shape index (κ1) is 19.9. The van der Waals surface area contributed by atoms with Gasteiger partial charge < -0.3 is 24.9 Å². The van der Waals surface area contributed by atoms with Crippen molar-refractivity contribution in [3.63, 3.8) is 0 Å². The number of aliphatic hydroxyl groups excluding tert-OH is 1. The van der Waals surface area contributed by atoms with Gasteiger partial charge in [-0.3, -0.25) is 0 Å². The number of likely N-dealkylation sites (tertiary alicyclic amines) is 1. The quantitative estimate of drug-likeness (QED) is 0.809. The van der Waals surface area contributed by atoms with Gasteiger partial charge in [-0.2, -0.15) is 0 Å². The summed E-state index contributed by atoms with van der Waals surface area (Å²) in [7, 11) is 3.51. The summed E-state index contributed by atoms with van der Waals surface area (Å²) in [5.41, 5.74) is 2.09. The topological polar surface area (TPSA) is 80.1 Å². The van der Waals surface area contributed by atoms with Gasteiger partial charge in [-0.1, -0.05) is 18.2 Å². The number of hydrogen-bond acceptors (Lipinski definition) is 5. The van der Waals surface area contributed by atoms with Crippen molar-refractivity contribution in [2.45, 2.75) is 32.0 Å². The van der Waals surface area contributed by atoms with Gasteiger partial charge in [-0.15, -0.1) is 0 Å². The summed E-state index contributed by atoms with van der Waals surface area (Å²) in [6.45, 7) is 4.38. The Labute approximate surface area is 171 Å². The lowest BCUT2D eigenvalue weighted by molar-refractivity contribution is -0.0761. The minimum absolute atomic E-state index is 0.0142. The molecule has 4 rings (SSSR count). The van der Waals surface area contributed by atoms with E-state index in [1.165, 1.54) is 0 Å². The molecule has 0 aliphatic carbocycles. The fraction of sp³-hybridized carbons (Fsp3) is 0.545. The molecule has 2 amide bonds. The van der Waals surface area contributed by atoms with Crippen molar-refractivity contribution in [2.24, 2.45) is 5.92 Å². The van der Waals surface area contributed by atoms with Gasteiger partial charge in [-0.25, -0.2) is 9.78 Å². The number of carbonyl (C=O) groups excluding carboxylic acids is 1. The number of fused-ring (bicyclic) bond motifs is 2. The highest BCUT2D eigenvalue weighted by Gasteiger charge is 2.46. The second kappa shape index (κ2) is 7.46. The van der Waals surface area contributed by atoms with E-state index in [9.17, 15) is 15.0 Å². The molecule has 0 bridgehead atoms. The number of rotatable bonds is 2. The monoisotopic (exact) mass is 398 g/mol. The molecule has 29 heavy (non-hydrogen) atoms. The van der Waals surface area contributed by atoms with Crippen molar-refractivity contribution < 1.29 is 15.0 Å². The van der Waals surface area contributed by atoms with Gasteiger partial charge in [0.2, 0.25) is 0 Å². The SMILES string of the molecule is Cc1cccc2cc(CO)c(N3CC[C@]4(O)CCN(C(=O)N(C)C)C[C@@H]4C3)nc12. The molecule has 0 saturated carbocycles. The number of nitrogens with zero attached hydrogens (tertiary/aromatic N) is 4. The van der Waals surface area contributed by atoms with E-state index in [4.69, 9.17) is 4.98 Å². The molecular formula is C22H30N4O3. The average molecular weight is 399 g/mol. The highest BCUT2D eigenvalue weighted by Crippen LogP contribution is 2.38. The van der Waals surface area contributed by atoms with Crippen molar-refractivity contribution in [3.8, 4) is 0 Å². The van der Waals surface area contributed by atoms with E-state index >= 15 is 0 Å². The Morgan fingerprint density at radius 2 is 2.03 bits per heavy atom. The summed E-state index contributed by atoms with van der Waals surface area (Å²) in [4.78, 5) is 22.9. The standard InChI is InChI=1S/C22H30N4O3/c1-15-5-4-6-16-11-17(14-27)20(23-19(15)16)25-9-7-22(29)8-10-26(13-18(22)12-25)21(28)24(2)3/h4-6,11,18,27,29H,7-10,12-14H2,1-3H3/t18-,22-/m0/s1. The summed E-state index contributed by atoms with van der Waals surface area (Å²) in [6.07, 6.45) is 1.24. The first-order valence-electron chi connectivity index (χ1n) is 10.3. The van der Waals surface area contributed by atoms with Crippen LogP contribution < -0.4 is 4.90 Å². The fourth-order valence-corrected chi connectivity index (χ4v) is 4.72. The van der Waals surface area contributed by atoms with Crippen LogP contribution in [0.25, 0.3) is 10.9 Å². The van der Waals surface area contributed by atoms with Crippen LogP contribution in [0.1, 0.15) is 24.0 Å². The molecular weight excluding hydrogens is 368 g/mol. The first-order valence-corrected chi connectivity index (χ1v) is 10.3. The Kier molecular flexibility index (Phi) is 5.12. The van der Waals surface area contributed by atoms with Gasteiger partial charge in [0.1, 0.15) is 5.82 Å². The number of hydrogen-bond donors (Lipinski definition) is 2. The summed E-state index contributed by atoms with van der Waals surface area (Å²) in [5, 5.41) is 22.2. The van der Waals surface area contributed by atoms with Crippen LogP contribution in [0.15, 0.2) is 24.3 Å². The molecule has 2 aliphatic heterocycles. The highest BCUT2D eigenvalue weighted by molar-refractivity contribution is 5.84. The first-order chi connectivity index (χ1) is 13.8. The summed E-state index contributed by atoms with van der Waals surface area (Å²) in [5.74, 6) is 0.738. The van der Waals surface area contributed by atoms with Crippen molar-refractivity contribution in [3.05, 3.63) is 35.4 Å². The van der Waals surface area contributed by atoms with Crippen molar-refractivity contribution in [1.82, 2.24) is 14.8 Å². The average Bonchev–Trinajstić information content (AvgIpc) is 2.71. The number of urea groups is 1. The zero-order valence-electron chi connectivity index (χ0n) is 17.4. The van der Waals surface area contributed by atoms with E-state index in [1.807, 2.05) is 36.1 Å². The highest BCUT2D eigenvalue weighted by atomic mass is 16.3. The van der Waals surface area contributed by atoms with Crippen LogP contribution >= 0.6 is 0 Å². The maximum Gasteiger partial charge on any atom is 0.319 e. The van der Waals surface area contributed by atoms with E-state index in [0.717, 1.165) is 27.8 Å². The molecule has 2 aliphatic rings. The van der Waals surface area contributed by atoms with Crippen LogP contribution in [0.4, 0.5) is 10.6 Å². The molecule has 2 atom stereocenters. The Morgan fingerprint density at radius 1 is 1.28 bits per heavy atom. The predicted molar refractivity (Wildman–Crippen MR) is 113 cm³/mol. The third-order valence-electron chi connectivity index (χ3n) is 6.50. The number of aromatic nitrogens is 1.